The van der Waals surface area contributed by atoms with Crippen LogP contribution in [0.5, 0.6) is 0 Å². The molecule has 0 fully saturated rings. The molecule has 100 valence electrons. The Hall–Kier alpha value is -2.17. The second-order valence-corrected chi connectivity index (χ2v) is 4.74. The molecule has 0 spiro atoms. The van der Waals surface area contributed by atoms with E-state index in [1.54, 1.807) is 25.3 Å². The minimum atomic E-state index is -0.282. The first-order chi connectivity index (χ1) is 8.97. The van der Waals surface area contributed by atoms with Gasteiger partial charge in [0.1, 0.15) is 0 Å². The van der Waals surface area contributed by atoms with Gasteiger partial charge in [0.05, 0.1) is 5.69 Å². The monoisotopic (exact) mass is 259 g/mol. The van der Waals surface area contributed by atoms with Crippen LogP contribution in [0.25, 0.3) is 0 Å². The van der Waals surface area contributed by atoms with E-state index in [1.807, 2.05) is 20.8 Å². The maximum atomic E-state index is 12.2. The third-order valence-corrected chi connectivity index (χ3v) is 2.67. The van der Waals surface area contributed by atoms with E-state index in [1.165, 1.54) is 0 Å². The lowest BCUT2D eigenvalue weighted by Crippen LogP contribution is -2.14. The van der Waals surface area contributed by atoms with Crippen molar-refractivity contribution in [2.24, 2.45) is 0 Å². The van der Waals surface area contributed by atoms with Crippen LogP contribution in [0.4, 0.5) is 5.69 Å². The molecule has 2 heterocycles. The molecule has 0 saturated carbocycles. The molecule has 2 aromatic rings. The van der Waals surface area contributed by atoms with Gasteiger partial charge in [0.2, 0.25) is 5.76 Å². The number of amides is 1. The fourth-order valence-corrected chi connectivity index (χ4v) is 1.81. The van der Waals surface area contributed by atoms with Gasteiger partial charge in [0.25, 0.3) is 5.91 Å². The highest BCUT2D eigenvalue weighted by Gasteiger charge is 2.21. The van der Waals surface area contributed by atoms with E-state index in [0.29, 0.717) is 17.3 Å². The highest BCUT2D eigenvalue weighted by atomic mass is 16.4. The zero-order chi connectivity index (χ0) is 14.0. The number of oxazole rings is 1. The van der Waals surface area contributed by atoms with Crippen LogP contribution in [0.15, 0.2) is 22.7 Å². The van der Waals surface area contributed by atoms with E-state index in [4.69, 9.17) is 4.42 Å². The summed E-state index contributed by atoms with van der Waals surface area (Å²) in [6, 6.07) is 3.54. The third-order valence-electron chi connectivity index (χ3n) is 2.67. The van der Waals surface area contributed by atoms with Crippen molar-refractivity contribution in [1.82, 2.24) is 9.97 Å². The van der Waals surface area contributed by atoms with Crippen LogP contribution < -0.4 is 5.32 Å². The van der Waals surface area contributed by atoms with Crippen molar-refractivity contribution in [3.05, 3.63) is 41.4 Å². The molecule has 1 N–H and O–H groups in total. The number of anilines is 1. The lowest BCUT2D eigenvalue weighted by Gasteiger charge is -2.06. The number of rotatable bonds is 3. The molecule has 0 saturated heterocycles. The van der Waals surface area contributed by atoms with Crippen molar-refractivity contribution in [2.75, 3.05) is 5.32 Å². The van der Waals surface area contributed by atoms with E-state index in [-0.39, 0.29) is 17.6 Å². The van der Waals surface area contributed by atoms with Crippen LogP contribution in [0.2, 0.25) is 0 Å². The van der Waals surface area contributed by atoms with E-state index < -0.39 is 0 Å². The Labute approximate surface area is 112 Å². The molecule has 19 heavy (non-hydrogen) atoms. The van der Waals surface area contributed by atoms with E-state index in [0.717, 1.165) is 5.69 Å². The second kappa shape index (κ2) is 5.22. The van der Waals surface area contributed by atoms with Crippen molar-refractivity contribution >= 4 is 11.6 Å². The lowest BCUT2D eigenvalue weighted by atomic mass is 10.1. The molecule has 0 unspecified atom stereocenters. The van der Waals surface area contributed by atoms with Crippen molar-refractivity contribution < 1.29 is 9.21 Å². The highest BCUT2D eigenvalue weighted by molar-refractivity contribution is 6.03. The highest BCUT2D eigenvalue weighted by Crippen LogP contribution is 2.21. The number of hydrogen-bond acceptors (Lipinski definition) is 4. The van der Waals surface area contributed by atoms with Gasteiger partial charge in [0, 0.05) is 24.5 Å². The normalized spacial score (nSPS) is 10.8. The fourth-order valence-electron chi connectivity index (χ4n) is 1.81. The first-order valence-electron chi connectivity index (χ1n) is 6.18. The van der Waals surface area contributed by atoms with Crippen molar-refractivity contribution in [1.29, 1.82) is 0 Å². The van der Waals surface area contributed by atoms with Crippen LogP contribution in [-0.4, -0.2) is 15.9 Å². The number of carbonyl (C=O) groups excluding carboxylic acids is 1. The predicted octanol–water partition coefficient (Wildman–Crippen LogP) is 3.06. The quantitative estimate of drug-likeness (QED) is 0.919. The van der Waals surface area contributed by atoms with Crippen molar-refractivity contribution in [3.8, 4) is 0 Å². The molecular weight excluding hydrogens is 242 g/mol. The zero-order valence-electron chi connectivity index (χ0n) is 11.5. The Morgan fingerprint density at radius 2 is 2.11 bits per heavy atom. The standard InChI is InChI=1S/C14H17N3O2/c1-8(2)12-13(19-10(4)16-12)14(18)17-11-5-6-15-9(3)7-11/h5-8H,1-4H3,(H,15,17,18). The van der Waals surface area contributed by atoms with Gasteiger partial charge < -0.3 is 9.73 Å². The number of hydrogen-bond donors (Lipinski definition) is 1. The van der Waals surface area contributed by atoms with Gasteiger partial charge in [-0.1, -0.05) is 13.8 Å². The maximum absolute atomic E-state index is 12.2. The molecule has 5 nitrogen and oxygen atoms in total. The van der Waals surface area contributed by atoms with Crippen LogP contribution in [0, 0.1) is 13.8 Å². The molecule has 0 aliphatic carbocycles. The summed E-state index contributed by atoms with van der Waals surface area (Å²) in [4.78, 5) is 20.5. The summed E-state index contributed by atoms with van der Waals surface area (Å²) in [7, 11) is 0. The van der Waals surface area contributed by atoms with Crippen LogP contribution >= 0.6 is 0 Å². The molecule has 0 atom stereocenters. The summed E-state index contributed by atoms with van der Waals surface area (Å²) in [6.07, 6.45) is 1.65. The number of carbonyl (C=O) groups is 1. The smallest absolute Gasteiger partial charge is 0.293 e. The molecule has 0 aliphatic heterocycles. The topological polar surface area (TPSA) is 68.0 Å². The number of nitrogens with one attached hydrogen (secondary N) is 1. The third kappa shape index (κ3) is 2.99. The summed E-state index contributed by atoms with van der Waals surface area (Å²) < 4.78 is 5.40. The van der Waals surface area contributed by atoms with E-state index in [9.17, 15) is 4.79 Å². The first-order valence-corrected chi connectivity index (χ1v) is 6.18. The van der Waals surface area contributed by atoms with Gasteiger partial charge in [-0.3, -0.25) is 9.78 Å². The molecule has 1 amide bonds. The summed E-state index contributed by atoms with van der Waals surface area (Å²) in [5, 5.41) is 2.79. The van der Waals surface area contributed by atoms with Crippen molar-refractivity contribution in [2.45, 2.75) is 33.6 Å². The Morgan fingerprint density at radius 3 is 2.74 bits per heavy atom. The number of nitrogens with zero attached hydrogens (tertiary/aromatic N) is 2. The van der Waals surface area contributed by atoms with E-state index >= 15 is 0 Å². The molecule has 2 rings (SSSR count). The average Bonchev–Trinajstić information content (AvgIpc) is 2.71. The SMILES string of the molecule is Cc1cc(NC(=O)c2oc(C)nc2C(C)C)ccn1. The predicted molar refractivity (Wildman–Crippen MR) is 72.3 cm³/mol. The van der Waals surface area contributed by atoms with E-state index in [2.05, 4.69) is 15.3 Å². The summed E-state index contributed by atoms with van der Waals surface area (Å²) >= 11 is 0. The van der Waals surface area contributed by atoms with Gasteiger partial charge in [-0.25, -0.2) is 4.98 Å². The number of pyridine rings is 1. The van der Waals surface area contributed by atoms with Crippen molar-refractivity contribution in [3.63, 3.8) is 0 Å². The lowest BCUT2D eigenvalue weighted by molar-refractivity contribution is 0.0993. The Bertz CT molecular complexity index is 602. The molecule has 0 aromatic carbocycles. The molecule has 0 bridgehead atoms. The Kier molecular flexibility index (Phi) is 3.64. The zero-order valence-corrected chi connectivity index (χ0v) is 11.5. The van der Waals surface area contributed by atoms with Crippen LogP contribution in [0.1, 0.15) is 47.6 Å². The Morgan fingerprint density at radius 1 is 1.37 bits per heavy atom. The summed E-state index contributed by atoms with van der Waals surface area (Å²) in [5.41, 5.74) is 2.22. The number of aromatic nitrogens is 2. The van der Waals surface area contributed by atoms with Crippen LogP contribution in [0.3, 0.4) is 0 Å². The van der Waals surface area contributed by atoms with Gasteiger partial charge in [-0.15, -0.1) is 0 Å². The minimum Gasteiger partial charge on any atom is -0.436 e. The summed E-state index contributed by atoms with van der Waals surface area (Å²) in [5.74, 6) is 0.633. The average molecular weight is 259 g/mol. The Balaban J connectivity index is 2.25. The molecule has 0 radical (unpaired) electrons. The molecular formula is C14H17N3O2. The summed E-state index contributed by atoms with van der Waals surface area (Å²) in [6.45, 7) is 7.56. The minimum absolute atomic E-state index is 0.136. The van der Waals surface area contributed by atoms with Gasteiger partial charge in [0.15, 0.2) is 5.89 Å². The fraction of sp³-hybridized carbons (Fsp3) is 0.357. The molecule has 5 heteroatoms. The van der Waals surface area contributed by atoms with Gasteiger partial charge in [-0.2, -0.15) is 0 Å². The first kappa shape index (κ1) is 13.3. The largest absolute Gasteiger partial charge is 0.436 e. The van der Waals surface area contributed by atoms with Crippen LogP contribution in [-0.2, 0) is 0 Å². The van der Waals surface area contributed by atoms with Gasteiger partial charge in [-0.05, 0) is 25.0 Å². The van der Waals surface area contributed by atoms with Gasteiger partial charge >= 0.3 is 0 Å². The second-order valence-electron chi connectivity index (χ2n) is 4.74. The number of aryl methyl sites for hydroxylation is 2. The molecule has 0 aliphatic rings. The maximum Gasteiger partial charge on any atom is 0.293 e. The molecule has 2 aromatic heterocycles.